The number of nitrogens with zero attached hydrogens (tertiary/aromatic N) is 4. The van der Waals surface area contributed by atoms with Gasteiger partial charge in [0.25, 0.3) is 5.91 Å². The highest BCUT2D eigenvalue weighted by molar-refractivity contribution is 6.31. The van der Waals surface area contributed by atoms with Crippen LogP contribution in [0.2, 0.25) is 5.02 Å². The molecule has 0 saturated carbocycles. The third-order valence-corrected chi connectivity index (χ3v) is 4.00. The zero-order chi connectivity index (χ0) is 15.0. The molecule has 2 aromatic heterocycles. The number of aryl methyl sites for hydroxylation is 2. The van der Waals surface area contributed by atoms with E-state index in [4.69, 9.17) is 16.1 Å². The van der Waals surface area contributed by atoms with Crippen molar-refractivity contribution in [2.45, 2.75) is 25.7 Å². The van der Waals surface area contributed by atoms with E-state index in [1.54, 1.807) is 23.8 Å². The van der Waals surface area contributed by atoms with Gasteiger partial charge in [-0.05, 0) is 25.8 Å². The van der Waals surface area contributed by atoms with E-state index in [9.17, 15) is 4.79 Å². The lowest BCUT2D eigenvalue weighted by atomic mass is 9.97. The summed E-state index contributed by atoms with van der Waals surface area (Å²) in [5.41, 5.74) is 0.599. The highest BCUT2D eigenvalue weighted by Crippen LogP contribution is 2.27. The summed E-state index contributed by atoms with van der Waals surface area (Å²) in [5.74, 6) is 1.35. The molecule has 3 heterocycles. The van der Waals surface area contributed by atoms with Gasteiger partial charge >= 0.3 is 0 Å². The minimum Gasteiger partial charge on any atom is -0.345 e. The number of halogens is 1. The molecule has 0 unspecified atom stereocenters. The molecule has 1 aliphatic rings. The van der Waals surface area contributed by atoms with Crippen LogP contribution in [0.25, 0.3) is 0 Å². The van der Waals surface area contributed by atoms with E-state index in [-0.39, 0.29) is 11.8 Å². The number of hydrogen-bond donors (Lipinski definition) is 0. The molecule has 1 atom stereocenters. The van der Waals surface area contributed by atoms with Crippen LogP contribution in [0.5, 0.6) is 0 Å². The highest BCUT2D eigenvalue weighted by atomic mass is 35.5. The van der Waals surface area contributed by atoms with Crippen molar-refractivity contribution >= 4 is 17.5 Å². The topological polar surface area (TPSA) is 64.2 Å². The Morgan fingerprint density at radius 3 is 2.95 bits per heavy atom. The van der Waals surface area contributed by atoms with Gasteiger partial charge in [-0.25, -0.2) is 0 Å². The predicted molar refractivity (Wildman–Crippen MR) is 77.3 cm³/mol. The van der Waals surface area contributed by atoms with Crippen molar-refractivity contribution in [1.82, 2.24) is 19.6 Å². The van der Waals surface area contributed by atoms with Crippen molar-refractivity contribution in [3.05, 3.63) is 34.7 Å². The molecule has 1 saturated heterocycles. The molecule has 1 aliphatic heterocycles. The lowest BCUT2D eigenvalue weighted by molar-refractivity contribution is 0.0686. The number of carbonyl (C=O) groups excluding carboxylic acids is 1. The Labute approximate surface area is 127 Å². The van der Waals surface area contributed by atoms with Crippen LogP contribution in [-0.2, 0) is 7.05 Å². The van der Waals surface area contributed by atoms with Crippen molar-refractivity contribution in [3.63, 3.8) is 0 Å². The molecule has 0 N–H and O–H groups in total. The maximum absolute atomic E-state index is 12.6. The van der Waals surface area contributed by atoms with E-state index in [0.29, 0.717) is 29.0 Å². The third-order valence-electron chi connectivity index (χ3n) is 3.79. The molecule has 0 spiro atoms. The fourth-order valence-corrected chi connectivity index (χ4v) is 2.99. The molecule has 6 nitrogen and oxygen atoms in total. The summed E-state index contributed by atoms with van der Waals surface area (Å²) in [4.78, 5) is 18.7. The Kier molecular flexibility index (Phi) is 3.71. The van der Waals surface area contributed by atoms with E-state index in [1.165, 1.54) is 0 Å². The molecular weight excluding hydrogens is 292 g/mol. The number of likely N-dealkylation sites (tertiary alicyclic amines) is 1. The molecule has 21 heavy (non-hydrogen) atoms. The predicted octanol–water partition coefficient (Wildman–Crippen LogP) is 2.39. The van der Waals surface area contributed by atoms with Gasteiger partial charge in [0.1, 0.15) is 5.69 Å². The first kappa shape index (κ1) is 14.1. The summed E-state index contributed by atoms with van der Waals surface area (Å²) in [6, 6.07) is 1.70. The second kappa shape index (κ2) is 5.52. The Morgan fingerprint density at radius 1 is 1.52 bits per heavy atom. The molecule has 0 bridgehead atoms. The normalized spacial score (nSPS) is 19.0. The number of piperidine rings is 1. The molecule has 2 aromatic rings. The second-order valence-electron chi connectivity index (χ2n) is 5.42. The van der Waals surface area contributed by atoms with Crippen molar-refractivity contribution in [2.24, 2.45) is 7.05 Å². The van der Waals surface area contributed by atoms with Crippen LogP contribution >= 0.6 is 11.6 Å². The van der Waals surface area contributed by atoms with Crippen molar-refractivity contribution in [1.29, 1.82) is 0 Å². The monoisotopic (exact) mass is 308 g/mol. The molecule has 7 heteroatoms. The summed E-state index contributed by atoms with van der Waals surface area (Å²) >= 11 is 5.95. The van der Waals surface area contributed by atoms with E-state index in [1.807, 2.05) is 11.9 Å². The van der Waals surface area contributed by atoms with E-state index in [0.717, 1.165) is 19.4 Å². The standard InChI is InChI=1S/C14H17ClN4O2/c1-9-16-13(21-17-9)10-4-3-5-19(7-10)14(20)12-6-11(15)8-18(12)2/h6,8,10H,3-5,7H2,1-2H3/t10-/m0/s1. The number of aromatic nitrogens is 3. The van der Waals surface area contributed by atoms with Gasteiger partial charge in [0.05, 0.1) is 10.9 Å². The van der Waals surface area contributed by atoms with Gasteiger partial charge in [0.15, 0.2) is 5.82 Å². The fourth-order valence-electron chi connectivity index (χ4n) is 2.74. The van der Waals surface area contributed by atoms with Gasteiger partial charge in [-0.1, -0.05) is 16.8 Å². The minimum atomic E-state index is -0.00895. The number of hydrogen-bond acceptors (Lipinski definition) is 4. The zero-order valence-corrected chi connectivity index (χ0v) is 12.8. The van der Waals surface area contributed by atoms with E-state index in [2.05, 4.69) is 10.1 Å². The van der Waals surface area contributed by atoms with Crippen LogP contribution in [0, 0.1) is 6.92 Å². The molecule has 1 amide bonds. The van der Waals surface area contributed by atoms with Gasteiger partial charge in [-0.3, -0.25) is 4.79 Å². The average molecular weight is 309 g/mol. The highest BCUT2D eigenvalue weighted by Gasteiger charge is 2.29. The quantitative estimate of drug-likeness (QED) is 0.854. The van der Waals surface area contributed by atoms with Crippen LogP contribution in [0.3, 0.4) is 0 Å². The molecular formula is C14H17ClN4O2. The van der Waals surface area contributed by atoms with Crippen LogP contribution in [0.1, 0.15) is 41.0 Å². The smallest absolute Gasteiger partial charge is 0.270 e. The van der Waals surface area contributed by atoms with Crippen LogP contribution in [0.15, 0.2) is 16.8 Å². The SMILES string of the molecule is Cc1noc([C@H]2CCCN(C(=O)c3cc(Cl)cn3C)C2)n1. The average Bonchev–Trinajstić information content (AvgIpc) is 3.04. The molecule has 1 fully saturated rings. The zero-order valence-electron chi connectivity index (χ0n) is 12.0. The number of amides is 1. The van der Waals surface area contributed by atoms with E-state index < -0.39 is 0 Å². The fraction of sp³-hybridized carbons (Fsp3) is 0.500. The van der Waals surface area contributed by atoms with Crippen molar-refractivity contribution < 1.29 is 9.32 Å². The molecule has 0 aliphatic carbocycles. The Bertz CT molecular complexity index is 664. The maximum Gasteiger partial charge on any atom is 0.270 e. The summed E-state index contributed by atoms with van der Waals surface area (Å²) in [7, 11) is 1.82. The summed E-state index contributed by atoms with van der Waals surface area (Å²) in [6.07, 6.45) is 3.62. The van der Waals surface area contributed by atoms with Crippen LogP contribution < -0.4 is 0 Å². The summed E-state index contributed by atoms with van der Waals surface area (Å²) in [5, 5.41) is 4.40. The van der Waals surface area contributed by atoms with Gasteiger partial charge in [-0.2, -0.15) is 4.98 Å². The summed E-state index contributed by atoms with van der Waals surface area (Å²) < 4.78 is 7.00. The first-order valence-corrected chi connectivity index (χ1v) is 7.33. The maximum atomic E-state index is 12.6. The van der Waals surface area contributed by atoms with Crippen molar-refractivity contribution in [3.8, 4) is 0 Å². The van der Waals surface area contributed by atoms with Gasteiger partial charge in [0.2, 0.25) is 5.89 Å². The third kappa shape index (κ3) is 2.81. The Balaban J connectivity index is 1.77. The summed E-state index contributed by atoms with van der Waals surface area (Å²) in [6.45, 7) is 3.14. The largest absolute Gasteiger partial charge is 0.345 e. The second-order valence-corrected chi connectivity index (χ2v) is 5.86. The van der Waals surface area contributed by atoms with Gasteiger partial charge < -0.3 is 14.0 Å². The number of carbonyl (C=O) groups is 1. The van der Waals surface area contributed by atoms with Gasteiger partial charge in [-0.15, -0.1) is 0 Å². The van der Waals surface area contributed by atoms with E-state index >= 15 is 0 Å². The Hall–Kier alpha value is -1.82. The lowest BCUT2D eigenvalue weighted by Crippen LogP contribution is -2.39. The lowest BCUT2D eigenvalue weighted by Gasteiger charge is -2.31. The number of rotatable bonds is 2. The first-order valence-electron chi connectivity index (χ1n) is 6.96. The van der Waals surface area contributed by atoms with Crippen molar-refractivity contribution in [2.75, 3.05) is 13.1 Å². The Morgan fingerprint density at radius 2 is 2.33 bits per heavy atom. The van der Waals surface area contributed by atoms with Crippen LogP contribution in [0.4, 0.5) is 0 Å². The molecule has 3 rings (SSSR count). The minimum absolute atomic E-state index is 0.00895. The first-order chi connectivity index (χ1) is 10.0. The molecule has 0 aromatic carbocycles. The molecule has 112 valence electrons. The van der Waals surface area contributed by atoms with Crippen LogP contribution in [-0.4, -0.2) is 38.6 Å². The van der Waals surface area contributed by atoms with Gasteiger partial charge in [0, 0.05) is 26.3 Å². The molecule has 0 radical (unpaired) electrons.